The SMILES string of the molecule is CNC(=O)C(Cc1ccccc1)N(Cc1ccccc1Cl)C(=O)CCCN(c1cccc(C(F)(F)F)c1)S(C)(=O)=O. The van der Waals surface area contributed by atoms with Gasteiger partial charge in [-0.15, -0.1) is 0 Å². The molecule has 12 heteroatoms. The Morgan fingerprint density at radius 3 is 2.24 bits per heavy atom. The van der Waals surface area contributed by atoms with Crippen molar-refractivity contribution in [1.82, 2.24) is 10.2 Å². The van der Waals surface area contributed by atoms with Gasteiger partial charge in [0.15, 0.2) is 0 Å². The molecule has 1 unspecified atom stereocenters. The van der Waals surface area contributed by atoms with Crippen LogP contribution in [0.25, 0.3) is 0 Å². The number of amides is 2. The fourth-order valence-electron chi connectivity index (χ4n) is 4.37. The van der Waals surface area contributed by atoms with Gasteiger partial charge in [0.1, 0.15) is 6.04 Å². The highest BCUT2D eigenvalue weighted by Gasteiger charge is 2.32. The zero-order valence-electron chi connectivity index (χ0n) is 22.6. The highest BCUT2D eigenvalue weighted by Crippen LogP contribution is 2.32. The first-order chi connectivity index (χ1) is 19.3. The number of nitrogens with one attached hydrogen (secondary N) is 1. The molecule has 1 N–H and O–H groups in total. The van der Waals surface area contributed by atoms with Crippen molar-refractivity contribution in [2.75, 3.05) is 24.2 Å². The molecule has 0 heterocycles. The molecule has 1 atom stereocenters. The van der Waals surface area contributed by atoms with Crippen molar-refractivity contribution in [2.45, 2.75) is 38.0 Å². The van der Waals surface area contributed by atoms with Gasteiger partial charge in [-0.1, -0.05) is 66.2 Å². The summed E-state index contributed by atoms with van der Waals surface area (Å²) in [5.41, 5.74) is 0.298. The summed E-state index contributed by atoms with van der Waals surface area (Å²) in [7, 11) is -2.50. The predicted molar refractivity (Wildman–Crippen MR) is 153 cm³/mol. The Kier molecular flexibility index (Phi) is 10.8. The smallest absolute Gasteiger partial charge is 0.357 e. The maximum Gasteiger partial charge on any atom is 0.416 e. The van der Waals surface area contributed by atoms with Crippen molar-refractivity contribution in [3.63, 3.8) is 0 Å². The van der Waals surface area contributed by atoms with Crippen LogP contribution in [0, 0.1) is 0 Å². The van der Waals surface area contributed by atoms with Crippen molar-refractivity contribution in [3.05, 3.63) is 101 Å². The summed E-state index contributed by atoms with van der Waals surface area (Å²) in [6.45, 7) is -0.220. The summed E-state index contributed by atoms with van der Waals surface area (Å²) in [5.74, 6) is -0.831. The molecule has 0 aromatic heterocycles. The number of hydrogen-bond donors (Lipinski definition) is 1. The Morgan fingerprint density at radius 2 is 1.63 bits per heavy atom. The van der Waals surface area contributed by atoms with Gasteiger partial charge in [0.25, 0.3) is 0 Å². The highest BCUT2D eigenvalue weighted by atomic mass is 35.5. The van der Waals surface area contributed by atoms with Crippen LogP contribution in [-0.2, 0) is 38.8 Å². The van der Waals surface area contributed by atoms with Crippen LogP contribution in [0.5, 0.6) is 0 Å². The number of rotatable bonds is 12. The zero-order chi connectivity index (χ0) is 30.2. The van der Waals surface area contributed by atoms with Gasteiger partial charge in [0.05, 0.1) is 17.5 Å². The van der Waals surface area contributed by atoms with E-state index in [0.29, 0.717) is 10.6 Å². The number of nitrogens with zero attached hydrogens (tertiary/aromatic N) is 2. The van der Waals surface area contributed by atoms with Gasteiger partial charge in [0.2, 0.25) is 21.8 Å². The van der Waals surface area contributed by atoms with E-state index in [1.807, 2.05) is 30.3 Å². The molecule has 0 fully saturated rings. The van der Waals surface area contributed by atoms with Gasteiger partial charge in [-0.2, -0.15) is 13.2 Å². The summed E-state index contributed by atoms with van der Waals surface area (Å²) in [6, 6.07) is 19.2. The zero-order valence-corrected chi connectivity index (χ0v) is 24.1. The molecular formula is C29H31ClF3N3O4S. The lowest BCUT2D eigenvalue weighted by molar-refractivity contribution is -0.141. The quantitative estimate of drug-likeness (QED) is 0.302. The molecule has 3 aromatic rings. The molecule has 7 nitrogen and oxygen atoms in total. The van der Waals surface area contributed by atoms with E-state index in [1.165, 1.54) is 18.0 Å². The molecule has 0 saturated heterocycles. The third-order valence-corrected chi connectivity index (χ3v) is 7.99. The Balaban J connectivity index is 1.87. The number of likely N-dealkylation sites (N-methyl/N-ethyl adjacent to an activating group) is 1. The predicted octanol–water partition coefficient (Wildman–Crippen LogP) is 5.29. The fraction of sp³-hybridized carbons (Fsp3) is 0.310. The van der Waals surface area contributed by atoms with E-state index >= 15 is 0 Å². The van der Waals surface area contributed by atoms with E-state index in [4.69, 9.17) is 11.6 Å². The monoisotopic (exact) mass is 609 g/mol. The second kappa shape index (κ2) is 13.9. The standard InChI is InChI=1S/C29H31ClF3N3O4S/c1-34-28(38)26(18-21-10-4-3-5-11-21)35(20-22-12-6-7-15-25(22)30)27(37)16-9-17-36(41(2,39)40)24-14-8-13-23(19-24)29(31,32)33/h3-8,10-15,19,26H,9,16-18,20H2,1-2H3,(H,34,38). The highest BCUT2D eigenvalue weighted by molar-refractivity contribution is 7.92. The number of hydrogen-bond acceptors (Lipinski definition) is 4. The van der Waals surface area contributed by atoms with Gasteiger partial charge >= 0.3 is 6.18 Å². The van der Waals surface area contributed by atoms with Crippen LogP contribution in [-0.4, -0.2) is 51.0 Å². The second-order valence-corrected chi connectivity index (χ2v) is 11.7. The lowest BCUT2D eigenvalue weighted by Crippen LogP contribution is -2.49. The molecule has 0 spiro atoms. The molecule has 0 radical (unpaired) electrons. The van der Waals surface area contributed by atoms with Crippen molar-refractivity contribution in [1.29, 1.82) is 0 Å². The fourth-order valence-corrected chi connectivity index (χ4v) is 5.52. The van der Waals surface area contributed by atoms with Gasteiger partial charge in [0, 0.05) is 38.0 Å². The van der Waals surface area contributed by atoms with E-state index in [9.17, 15) is 31.2 Å². The van der Waals surface area contributed by atoms with Gasteiger partial charge in [-0.05, 0) is 41.8 Å². The van der Waals surface area contributed by atoms with Crippen LogP contribution in [0.15, 0.2) is 78.9 Å². The largest absolute Gasteiger partial charge is 0.416 e. The second-order valence-electron chi connectivity index (χ2n) is 9.42. The number of sulfonamides is 1. The number of anilines is 1. The first-order valence-corrected chi connectivity index (χ1v) is 15.0. The van der Waals surface area contributed by atoms with Crippen molar-refractivity contribution in [3.8, 4) is 0 Å². The molecule has 0 aliphatic heterocycles. The minimum Gasteiger partial charge on any atom is -0.357 e. The van der Waals surface area contributed by atoms with Crippen LogP contribution in [0.3, 0.4) is 0 Å². The number of benzene rings is 3. The molecule has 220 valence electrons. The Bertz CT molecular complexity index is 1450. The minimum absolute atomic E-state index is 0.00697. The molecule has 3 rings (SSSR count). The van der Waals surface area contributed by atoms with E-state index < -0.39 is 39.6 Å². The first kappa shape index (κ1) is 32.0. The molecule has 0 saturated carbocycles. The molecule has 41 heavy (non-hydrogen) atoms. The molecule has 3 aromatic carbocycles. The summed E-state index contributed by atoms with van der Waals surface area (Å²) in [4.78, 5) is 28.1. The van der Waals surface area contributed by atoms with E-state index in [-0.39, 0.29) is 38.0 Å². The van der Waals surface area contributed by atoms with Crippen LogP contribution < -0.4 is 9.62 Å². The van der Waals surface area contributed by atoms with Crippen LogP contribution >= 0.6 is 11.6 Å². The van der Waals surface area contributed by atoms with Crippen LogP contribution in [0.4, 0.5) is 18.9 Å². The summed E-state index contributed by atoms with van der Waals surface area (Å²) < 4.78 is 65.6. The Hall–Kier alpha value is -3.57. The average molecular weight is 610 g/mol. The Labute approximate surface area is 243 Å². The Morgan fingerprint density at radius 1 is 0.976 bits per heavy atom. The van der Waals surface area contributed by atoms with Crippen LogP contribution in [0.2, 0.25) is 5.02 Å². The lowest BCUT2D eigenvalue weighted by Gasteiger charge is -2.32. The third-order valence-electron chi connectivity index (χ3n) is 6.43. The normalized spacial score (nSPS) is 12.4. The average Bonchev–Trinajstić information content (AvgIpc) is 2.93. The minimum atomic E-state index is -4.65. The lowest BCUT2D eigenvalue weighted by atomic mass is 10.0. The topological polar surface area (TPSA) is 86.8 Å². The van der Waals surface area contributed by atoms with Gasteiger partial charge in [-0.25, -0.2) is 8.42 Å². The molecule has 0 aliphatic carbocycles. The van der Waals surface area contributed by atoms with E-state index in [0.717, 1.165) is 34.3 Å². The number of carbonyl (C=O) groups is 2. The van der Waals surface area contributed by atoms with E-state index in [2.05, 4.69) is 5.32 Å². The van der Waals surface area contributed by atoms with Crippen molar-refractivity contribution < 1.29 is 31.2 Å². The molecule has 0 bridgehead atoms. The maximum atomic E-state index is 13.7. The molecule has 0 aliphatic rings. The number of carbonyl (C=O) groups excluding carboxylic acids is 2. The van der Waals surface area contributed by atoms with Crippen molar-refractivity contribution >= 4 is 39.1 Å². The summed E-state index contributed by atoms with van der Waals surface area (Å²) in [5, 5.41) is 3.02. The molecular weight excluding hydrogens is 579 g/mol. The van der Waals surface area contributed by atoms with Gasteiger partial charge < -0.3 is 10.2 Å². The number of halogens is 4. The van der Waals surface area contributed by atoms with Gasteiger partial charge in [-0.3, -0.25) is 13.9 Å². The maximum absolute atomic E-state index is 13.7. The third kappa shape index (κ3) is 8.96. The summed E-state index contributed by atoms with van der Waals surface area (Å²) in [6.07, 6.45) is -3.72. The number of alkyl halides is 3. The van der Waals surface area contributed by atoms with Crippen molar-refractivity contribution in [2.24, 2.45) is 0 Å². The van der Waals surface area contributed by atoms with E-state index in [1.54, 1.807) is 24.3 Å². The summed E-state index contributed by atoms with van der Waals surface area (Å²) >= 11 is 6.37. The molecule has 2 amide bonds. The first-order valence-electron chi connectivity index (χ1n) is 12.7. The van der Waals surface area contributed by atoms with Crippen LogP contribution in [0.1, 0.15) is 29.5 Å².